The number of nitrogens with zero attached hydrogens (tertiary/aromatic N) is 2. The van der Waals surface area contributed by atoms with Crippen LogP contribution in [0.3, 0.4) is 0 Å². The summed E-state index contributed by atoms with van der Waals surface area (Å²) < 4.78 is 1.06. The molecule has 0 N–H and O–H groups in total. The average Bonchev–Trinajstić information content (AvgIpc) is 2.84. The maximum absolute atomic E-state index is 12.1. The summed E-state index contributed by atoms with van der Waals surface area (Å²) in [6.07, 6.45) is 2.27. The van der Waals surface area contributed by atoms with E-state index in [0.29, 0.717) is 6.54 Å². The third-order valence-electron chi connectivity index (χ3n) is 3.04. The van der Waals surface area contributed by atoms with Gasteiger partial charge in [0.15, 0.2) is 0 Å². The van der Waals surface area contributed by atoms with Crippen LogP contribution >= 0.6 is 15.9 Å². The molecule has 4 heteroatoms. The zero-order chi connectivity index (χ0) is 12.3. The van der Waals surface area contributed by atoms with Crippen LogP contribution in [0.4, 0.5) is 4.79 Å². The smallest absolute Gasteiger partial charge is 0.320 e. The van der Waals surface area contributed by atoms with Crippen molar-refractivity contribution in [2.75, 3.05) is 20.1 Å². The van der Waals surface area contributed by atoms with Crippen molar-refractivity contribution in [1.82, 2.24) is 9.80 Å². The molecule has 1 aromatic rings. The van der Waals surface area contributed by atoms with Gasteiger partial charge in [-0.15, -0.1) is 0 Å². The summed E-state index contributed by atoms with van der Waals surface area (Å²) in [4.78, 5) is 15.8. The van der Waals surface area contributed by atoms with Crippen LogP contribution in [0.1, 0.15) is 18.4 Å². The standard InChI is InChI=1S/C13H17BrN2O/c1-15(13(17)16-8-2-3-9-16)10-11-4-6-12(14)7-5-11/h4-7H,2-3,8-10H2,1H3. The summed E-state index contributed by atoms with van der Waals surface area (Å²) in [5.41, 5.74) is 1.16. The highest BCUT2D eigenvalue weighted by atomic mass is 79.9. The summed E-state index contributed by atoms with van der Waals surface area (Å²) in [6.45, 7) is 2.48. The van der Waals surface area contributed by atoms with E-state index in [1.807, 2.05) is 36.2 Å². The van der Waals surface area contributed by atoms with Crippen LogP contribution in [0, 0.1) is 0 Å². The van der Waals surface area contributed by atoms with Gasteiger partial charge in [-0.05, 0) is 30.5 Å². The Hall–Kier alpha value is -1.03. The molecule has 2 rings (SSSR count). The molecule has 1 fully saturated rings. The zero-order valence-corrected chi connectivity index (χ0v) is 11.6. The van der Waals surface area contributed by atoms with Crippen molar-refractivity contribution in [3.05, 3.63) is 34.3 Å². The Labute approximate surface area is 111 Å². The molecule has 17 heavy (non-hydrogen) atoms. The summed E-state index contributed by atoms with van der Waals surface area (Å²) in [6, 6.07) is 8.23. The van der Waals surface area contributed by atoms with E-state index in [1.54, 1.807) is 4.90 Å². The van der Waals surface area contributed by atoms with Gasteiger partial charge in [0, 0.05) is 31.2 Å². The molecule has 1 aliphatic heterocycles. The van der Waals surface area contributed by atoms with Crippen LogP contribution in [0.2, 0.25) is 0 Å². The molecule has 92 valence electrons. The third-order valence-corrected chi connectivity index (χ3v) is 3.56. The van der Waals surface area contributed by atoms with Crippen LogP contribution in [0.15, 0.2) is 28.7 Å². The Morgan fingerprint density at radius 1 is 1.29 bits per heavy atom. The highest BCUT2D eigenvalue weighted by Crippen LogP contribution is 2.14. The molecular weight excluding hydrogens is 280 g/mol. The Kier molecular flexibility index (Phi) is 4.05. The molecule has 0 spiro atoms. The van der Waals surface area contributed by atoms with Gasteiger partial charge in [-0.2, -0.15) is 0 Å². The second-order valence-electron chi connectivity index (χ2n) is 4.46. The van der Waals surface area contributed by atoms with Gasteiger partial charge in [0.1, 0.15) is 0 Å². The molecular formula is C13H17BrN2O. The van der Waals surface area contributed by atoms with Crippen molar-refractivity contribution < 1.29 is 4.79 Å². The minimum absolute atomic E-state index is 0.144. The first-order valence-electron chi connectivity index (χ1n) is 5.91. The van der Waals surface area contributed by atoms with Crippen molar-refractivity contribution in [2.45, 2.75) is 19.4 Å². The topological polar surface area (TPSA) is 23.6 Å². The molecule has 3 nitrogen and oxygen atoms in total. The number of amides is 2. The molecule has 0 aromatic heterocycles. The van der Waals surface area contributed by atoms with E-state index in [-0.39, 0.29) is 6.03 Å². The fourth-order valence-corrected chi connectivity index (χ4v) is 2.35. The minimum Gasteiger partial charge on any atom is -0.325 e. The number of urea groups is 1. The first-order chi connectivity index (χ1) is 8.16. The number of rotatable bonds is 2. The van der Waals surface area contributed by atoms with E-state index >= 15 is 0 Å². The number of likely N-dealkylation sites (tertiary alicyclic amines) is 1. The molecule has 0 unspecified atom stereocenters. The Bertz CT molecular complexity index is 385. The Balaban J connectivity index is 1.93. The van der Waals surface area contributed by atoms with Gasteiger partial charge < -0.3 is 9.80 Å². The van der Waals surface area contributed by atoms with Gasteiger partial charge in [-0.1, -0.05) is 28.1 Å². The van der Waals surface area contributed by atoms with Crippen molar-refractivity contribution in [3.63, 3.8) is 0 Å². The second-order valence-corrected chi connectivity index (χ2v) is 5.37. The first-order valence-corrected chi connectivity index (χ1v) is 6.70. The molecule has 0 aliphatic carbocycles. The normalized spacial score (nSPS) is 15.1. The summed E-state index contributed by atoms with van der Waals surface area (Å²) in [5.74, 6) is 0. The molecule has 1 aliphatic rings. The van der Waals surface area contributed by atoms with Crippen LogP contribution in [0.25, 0.3) is 0 Å². The highest BCUT2D eigenvalue weighted by Gasteiger charge is 2.20. The predicted octanol–water partition coefficient (Wildman–Crippen LogP) is 3.10. The quantitative estimate of drug-likeness (QED) is 0.823. The summed E-state index contributed by atoms with van der Waals surface area (Å²) in [5, 5.41) is 0. The monoisotopic (exact) mass is 296 g/mol. The lowest BCUT2D eigenvalue weighted by Gasteiger charge is -2.24. The predicted molar refractivity (Wildman–Crippen MR) is 71.8 cm³/mol. The SMILES string of the molecule is CN(Cc1ccc(Br)cc1)C(=O)N1CCCC1. The first kappa shape index (κ1) is 12.4. The molecule has 0 saturated carbocycles. The van der Waals surface area contributed by atoms with Gasteiger partial charge in [-0.3, -0.25) is 0 Å². The van der Waals surface area contributed by atoms with Crippen LogP contribution in [-0.4, -0.2) is 36.0 Å². The number of benzene rings is 1. The zero-order valence-electron chi connectivity index (χ0n) is 10.0. The molecule has 1 saturated heterocycles. The van der Waals surface area contributed by atoms with E-state index in [0.717, 1.165) is 36.0 Å². The number of halogens is 1. The fraction of sp³-hybridized carbons (Fsp3) is 0.462. The maximum atomic E-state index is 12.1. The molecule has 0 atom stereocenters. The van der Waals surface area contributed by atoms with Crippen molar-refractivity contribution in [2.24, 2.45) is 0 Å². The van der Waals surface area contributed by atoms with Gasteiger partial charge in [0.25, 0.3) is 0 Å². The van der Waals surface area contributed by atoms with Crippen molar-refractivity contribution in [1.29, 1.82) is 0 Å². The molecule has 2 amide bonds. The van der Waals surface area contributed by atoms with Crippen molar-refractivity contribution >= 4 is 22.0 Å². The molecule has 0 bridgehead atoms. The van der Waals surface area contributed by atoms with Gasteiger partial charge in [0.05, 0.1) is 0 Å². The Morgan fingerprint density at radius 3 is 2.47 bits per heavy atom. The second kappa shape index (κ2) is 5.54. The molecule has 0 radical (unpaired) electrons. The lowest BCUT2D eigenvalue weighted by molar-refractivity contribution is 0.171. The number of hydrogen-bond acceptors (Lipinski definition) is 1. The maximum Gasteiger partial charge on any atom is 0.320 e. The fourth-order valence-electron chi connectivity index (χ4n) is 2.08. The van der Waals surface area contributed by atoms with Crippen LogP contribution < -0.4 is 0 Å². The summed E-state index contributed by atoms with van der Waals surface area (Å²) in [7, 11) is 1.86. The lowest BCUT2D eigenvalue weighted by atomic mass is 10.2. The average molecular weight is 297 g/mol. The lowest BCUT2D eigenvalue weighted by Crippen LogP contribution is -2.38. The van der Waals surface area contributed by atoms with E-state index in [2.05, 4.69) is 15.9 Å². The largest absolute Gasteiger partial charge is 0.325 e. The Morgan fingerprint density at radius 2 is 1.88 bits per heavy atom. The molecule has 1 aromatic carbocycles. The van der Waals surface area contributed by atoms with E-state index in [9.17, 15) is 4.79 Å². The van der Waals surface area contributed by atoms with E-state index < -0.39 is 0 Å². The van der Waals surface area contributed by atoms with Crippen molar-refractivity contribution in [3.8, 4) is 0 Å². The van der Waals surface area contributed by atoms with Gasteiger partial charge >= 0.3 is 6.03 Å². The third kappa shape index (κ3) is 3.22. The molecule has 1 heterocycles. The van der Waals surface area contributed by atoms with E-state index in [1.165, 1.54) is 0 Å². The van der Waals surface area contributed by atoms with Crippen LogP contribution in [0.5, 0.6) is 0 Å². The van der Waals surface area contributed by atoms with Gasteiger partial charge in [0.2, 0.25) is 0 Å². The summed E-state index contributed by atoms with van der Waals surface area (Å²) >= 11 is 3.41. The van der Waals surface area contributed by atoms with Gasteiger partial charge in [-0.25, -0.2) is 4.79 Å². The number of carbonyl (C=O) groups is 1. The number of hydrogen-bond donors (Lipinski definition) is 0. The number of carbonyl (C=O) groups excluding carboxylic acids is 1. The van der Waals surface area contributed by atoms with E-state index in [4.69, 9.17) is 0 Å². The minimum atomic E-state index is 0.144. The highest BCUT2D eigenvalue weighted by molar-refractivity contribution is 9.10. The van der Waals surface area contributed by atoms with Crippen LogP contribution in [-0.2, 0) is 6.54 Å².